The van der Waals surface area contributed by atoms with Crippen molar-refractivity contribution in [2.75, 3.05) is 33.0 Å². The van der Waals surface area contributed by atoms with Crippen LogP contribution in [-0.4, -0.2) is 159 Å². The fourth-order valence-electron chi connectivity index (χ4n) is 5.14. The predicted octanol–water partition coefficient (Wildman–Crippen LogP) is -3.29. The van der Waals surface area contributed by atoms with Crippen molar-refractivity contribution in [1.29, 1.82) is 0 Å². The van der Waals surface area contributed by atoms with Gasteiger partial charge in [0.2, 0.25) is 11.8 Å². The molecule has 2 saturated heterocycles. The Bertz CT molecular complexity index is 928. The number of carbonyl (C=O) groups excluding carboxylic acids is 3. The van der Waals surface area contributed by atoms with Crippen molar-refractivity contribution in [3.8, 4) is 0 Å². The van der Waals surface area contributed by atoms with Crippen molar-refractivity contribution < 1.29 is 74.2 Å². The highest BCUT2D eigenvalue weighted by atomic mass is 16.7. The molecule has 0 aromatic heterocycles. The standard InChI is InChI=1S/C30H54N2O15/c1-17(34)19(32-23(38)10-4-7-13-45-30-28(43)26(41)25(40)21(15-33)47-30)8-2-5-11-31-22(37)9-3-6-12-44-29-27(42)24(39)20(36)14-18(35)16-46-29/h18-21,24-30,33,35-36,39-43H,2-16H2,1H3,(H,31,37)(H,32,38)/t18?,19-,20?,21?,24?,25?,26?,27?,28?,29?,30?/m1/s1. The van der Waals surface area contributed by atoms with Crippen LogP contribution in [0.3, 0.4) is 0 Å². The van der Waals surface area contributed by atoms with Crippen LogP contribution in [-0.2, 0) is 33.3 Å². The molecule has 0 bridgehead atoms. The fourth-order valence-corrected chi connectivity index (χ4v) is 5.14. The summed E-state index contributed by atoms with van der Waals surface area (Å²) in [6, 6.07) is -0.656. The first-order chi connectivity index (χ1) is 22.3. The van der Waals surface area contributed by atoms with Gasteiger partial charge in [-0.3, -0.25) is 14.4 Å². The van der Waals surface area contributed by atoms with Crippen LogP contribution in [0.1, 0.15) is 71.1 Å². The Morgan fingerprint density at radius 3 is 2.02 bits per heavy atom. The minimum Gasteiger partial charge on any atom is -0.394 e. The summed E-state index contributed by atoms with van der Waals surface area (Å²) in [5.41, 5.74) is 0. The third-order valence-corrected chi connectivity index (χ3v) is 8.07. The number of nitrogens with one attached hydrogen (secondary N) is 2. The first-order valence-corrected chi connectivity index (χ1v) is 16.3. The zero-order valence-electron chi connectivity index (χ0n) is 26.9. The second kappa shape index (κ2) is 22.0. The number of ether oxygens (including phenoxy) is 4. The molecule has 0 radical (unpaired) electrons. The number of hydrogen-bond donors (Lipinski definition) is 10. The molecule has 0 saturated carbocycles. The van der Waals surface area contributed by atoms with Gasteiger partial charge in [-0.2, -0.15) is 0 Å². The van der Waals surface area contributed by atoms with Gasteiger partial charge in [-0.1, -0.05) is 0 Å². The summed E-state index contributed by atoms with van der Waals surface area (Å²) in [6.07, 6.45) is -9.75. The van der Waals surface area contributed by atoms with Crippen molar-refractivity contribution in [2.45, 2.75) is 139 Å². The topological polar surface area (TPSA) is 274 Å². The lowest BCUT2D eigenvalue weighted by Gasteiger charge is -2.39. The quantitative estimate of drug-likeness (QED) is 0.0564. The summed E-state index contributed by atoms with van der Waals surface area (Å²) in [5.74, 6) is -0.659. The minimum atomic E-state index is -1.53. The Morgan fingerprint density at radius 1 is 0.766 bits per heavy atom. The Labute approximate surface area is 274 Å². The van der Waals surface area contributed by atoms with E-state index >= 15 is 0 Å². The number of amides is 2. The highest BCUT2D eigenvalue weighted by Gasteiger charge is 2.44. The Morgan fingerprint density at radius 2 is 1.38 bits per heavy atom. The van der Waals surface area contributed by atoms with E-state index in [1.807, 2.05) is 0 Å². The number of aliphatic hydroxyl groups excluding tert-OH is 8. The van der Waals surface area contributed by atoms with E-state index in [4.69, 9.17) is 18.9 Å². The molecule has 0 spiro atoms. The van der Waals surface area contributed by atoms with E-state index in [-0.39, 0.29) is 56.7 Å². The van der Waals surface area contributed by atoms with Crippen molar-refractivity contribution in [3.05, 3.63) is 0 Å². The molecule has 2 aliphatic heterocycles. The second-order valence-electron chi connectivity index (χ2n) is 12.1. The van der Waals surface area contributed by atoms with Crippen LogP contribution in [0.4, 0.5) is 0 Å². The molecule has 274 valence electrons. The van der Waals surface area contributed by atoms with E-state index in [2.05, 4.69) is 10.6 Å². The Balaban J connectivity index is 1.53. The zero-order chi connectivity index (χ0) is 34.9. The monoisotopic (exact) mass is 682 g/mol. The van der Waals surface area contributed by atoms with Gasteiger partial charge in [0.05, 0.1) is 31.5 Å². The number of aliphatic hydroxyl groups is 8. The molecular formula is C30H54N2O15. The maximum absolute atomic E-state index is 12.4. The van der Waals surface area contributed by atoms with Crippen LogP contribution in [0, 0.1) is 0 Å². The van der Waals surface area contributed by atoms with Crippen molar-refractivity contribution in [3.63, 3.8) is 0 Å². The molecule has 0 aliphatic carbocycles. The molecule has 2 heterocycles. The molecule has 0 aromatic rings. The number of Topliss-reactive ketones (excluding diaryl/α,β-unsaturated/α-hetero) is 1. The lowest BCUT2D eigenvalue weighted by atomic mass is 9.99. The molecule has 17 nitrogen and oxygen atoms in total. The summed E-state index contributed by atoms with van der Waals surface area (Å²) in [6.45, 7) is 1.28. The minimum absolute atomic E-state index is 0.0910. The molecule has 47 heavy (non-hydrogen) atoms. The summed E-state index contributed by atoms with van der Waals surface area (Å²) in [4.78, 5) is 36.5. The maximum atomic E-state index is 12.4. The number of hydrogen-bond acceptors (Lipinski definition) is 15. The summed E-state index contributed by atoms with van der Waals surface area (Å²) < 4.78 is 21.4. The zero-order valence-corrected chi connectivity index (χ0v) is 26.9. The van der Waals surface area contributed by atoms with Crippen molar-refractivity contribution in [2.24, 2.45) is 0 Å². The molecule has 10 unspecified atom stereocenters. The highest BCUT2D eigenvalue weighted by Crippen LogP contribution is 2.22. The summed E-state index contributed by atoms with van der Waals surface area (Å²) >= 11 is 0. The number of rotatable bonds is 20. The summed E-state index contributed by atoms with van der Waals surface area (Å²) in [5, 5.41) is 84.0. The third kappa shape index (κ3) is 14.6. The Kier molecular flexibility index (Phi) is 19.3. The molecule has 2 amide bonds. The van der Waals surface area contributed by atoms with Crippen LogP contribution in [0.2, 0.25) is 0 Å². The first-order valence-electron chi connectivity index (χ1n) is 16.3. The molecule has 2 aliphatic rings. The molecular weight excluding hydrogens is 628 g/mol. The average Bonchev–Trinajstić information content (AvgIpc) is 3.03. The third-order valence-electron chi connectivity index (χ3n) is 8.07. The highest BCUT2D eigenvalue weighted by molar-refractivity contribution is 5.87. The normalized spacial score (nSPS) is 32.2. The van der Waals surface area contributed by atoms with Gasteiger partial charge in [-0.25, -0.2) is 0 Å². The molecule has 0 aromatic carbocycles. The average molecular weight is 683 g/mol. The number of carbonyl (C=O) groups is 3. The molecule has 10 N–H and O–H groups in total. The second-order valence-corrected chi connectivity index (χ2v) is 12.1. The van der Waals surface area contributed by atoms with Gasteiger partial charge in [0, 0.05) is 39.0 Å². The molecule has 11 atom stereocenters. The molecule has 2 fully saturated rings. The largest absolute Gasteiger partial charge is 0.394 e. The van der Waals surface area contributed by atoms with E-state index in [0.717, 1.165) is 0 Å². The van der Waals surface area contributed by atoms with Gasteiger partial charge in [0.25, 0.3) is 0 Å². The smallest absolute Gasteiger partial charge is 0.220 e. The van der Waals surface area contributed by atoms with Gasteiger partial charge in [0.1, 0.15) is 36.6 Å². The van der Waals surface area contributed by atoms with Crippen LogP contribution in [0.5, 0.6) is 0 Å². The van der Waals surface area contributed by atoms with Gasteiger partial charge in [-0.15, -0.1) is 0 Å². The van der Waals surface area contributed by atoms with Crippen LogP contribution < -0.4 is 10.6 Å². The van der Waals surface area contributed by atoms with Crippen LogP contribution in [0.25, 0.3) is 0 Å². The molecule has 2 rings (SSSR count). The fraction of sp³-hybridized carbons (Fsp3) is 0.900. The van der Waals surface area contributed by atoms with Gasteiger partial charge in [0.15, 0.2) is 18.4 Å². The van der Waals surface area contributed by atoms with E-state index in [1.54, 1.807) is 0 Å². The lowest BCUT2D eigenvalue weighted by molar-refractivity contribution is -0.301. The van der Waals surface area contributed by atoms with Crippen molar-refractivity contribution in [1.82, 2.24) is 10.6 Å². The SMILES string of the molecule is CC(=O)[C@@H](CCCCNC(=O)CCCCOC1OCC(O)CC(O)C(O)C1O)NC(=O)CCCCOC1OC(CO)C(O)C(O)C1O. The van der Waals surface area contributed by atoms with E-state index < -0.39 is 74.1 Å². The number of ketones is 1. The summed E-state index contributed by atoms with van der Waals surface area (Å²) in [7, 11) is 0. The Hall–Kier alpha value is -1.87. The number of unbranched alkanes of at least 4 members (excludes halogenated alkanes) is 3. The lowest BCUT2D eigenvalue weighted by Crippen LogP contribution is -2.59. The van der Waals surface area contributed by atoms with E-state index in [1.165, 1.54) is 6.92 Å². The van der Waals surface area contributed by atoms with Gasteiger partial charge >= 0.3 is 0 Å². The predicted molar refractivity (Wildman–Crippen MR) is 161 cm³/mol. The van der Waals surface area contributed by atoms with Crippen LogP contribution in [0.15, 0.2) is 0 Å². The van der Waals surface area contributed by atoms with Gasteiger partial charge in [-0.05, 0) is 51.9 Å². The molecule has 17 heteroatoms. The van der Waals surface area contributed by atoms with Crippen molar-refractivity contribution >= 4 is 17.6 Å². The maximum Gasteiger partial charge on any atom is 0.220 e. The van der Waals surface area contributed by atoms with Crippen LogP contribution >= 0.6 is 0 Å². The van der Waals surface area contributed by atoms with E-state index in [9.17, 15) is 55.2 Å². The van der Waals surface area contributed by atoms with Gasteiger partial charge < -0.3 is 70.4 Å². The first kappa shape index (κ1) is 41.3. The van der Waals surface area contributed by atoms with E-state index in [0.29, 0.717) is 51.5 Å².